The van der Waals surface area contributed by atoms with Crippen LogP contribution in [0, 0.1) is 0 Å². The molecule has 0 spiro atoms. The first-order chi connectivity index (χ1) is 14.9. The zero-order chi connectivity index (χ0) is 21.6. The molecule has 6 nitrogen and oxygen atoms in total. The summed E-state index contributed by atoms with van der Waals surface area (Å²) in [5.41, 5.74) is 1.70. The molecule has 0 N–H and O–H groups in total. The first kappa shape index (κ1) is 20.8. The number of sulfone groups is 1. The Labute approximate surface area is 199 Å². The first-order valence-corrected chi connectivity index (χ1v) is 14.1. The highest BCUT2D eigenvalue weighted by Gasteiger charge is 2.19. The van der Waals surface area contributed by atoms with Crippen LogP contribution in [0.5, 0.6) is 0 Å². The number of fused-ring (bicyclic) bond motifs is 1. The largest absolute Gasteiger partial charge is 0.269 e. The minimum atomic E-state index is -3.27. The van der Waals surface area contributed by atoms with Crippen LogP contribution in [-0.2, 0) is 9.84 Å². The van der Waals surface area contributed by atoms with Gasteiger partial charge in [0.1, 0.15) is 0 Å². The van der Waals surface area contributed by atoms with Crippen LogP contribution in [0.2, 0.25) is 0 Å². The van der Waals surface area contributed by atoms with Crippen LogP contribution in [0.25, 0.3) is 26.6 Å². The number of hydrogen-bond donors (Lipinski definition) is 0. The van der Waals surface area contributed by atoms with Crippen LogP contribution >= 0.6 is 50.4 Å². The third kappa shape index (κ3) is 4.20. The van der Waals surface area contributed by atoms with Gasteiger partial charge < -0.3 is 0 Å². The molecule has 3 aromatic heterocycles. The van der Waals surface area contributed by atoms with Gasteiger partial charge in [-0.05, 0) is 65.7 Å². The predicted octanol–water partition coefficient (Wildman–Crippen LogP) is 5.92. The Balaban J connectivity index is 1.58. The monoisotopic (exact) mass is 548 g/mol. The molecular formula is C20H13BrN4O2S4. The third-order valence-corrected chi connectivity index (χ3v) is 8.94. The van der Waals surface area contributed by atoms with E-state index in [2.05, 4.69) is 31.1 Å². The number of thiazole rings is 1. The fourth-order valence-corrected chi connectivity index (χ4v) is 6.71. The first-order valence-electron chi connectivity index (χ1n) is 8.92. The van der Waals surface area contributed by atoms with E-state index in [4.69, 9.17) is 0 Å². The summed E-state index contributed by atoms with van der Waals surface area (Å²) in [4.78, 5) is 5.96. The van der Waals surface area contributed by atoms with Crippen molar-refractivity contribution in [1.29, 1.82) is 0 Å². The standard InChI is InChI=1S/C20H13BrN4O2S4/c1-31(26,27)14-8-9-15-17(11-14)29-20(22-15)30-19-24-23-18(16-3-2-10-28-16)25(19)13-6-4-12(21)5-7-13/h2-11H,1H3. The smallest absolute Gasteiger partial charge is 0.203 e. The van der Waals surface area contributed by atoms with E-state index in [-0.39, 0.29) is 0 Å². The molecule has 0 bridgehead atoms. The van der Waals surface area contributed by atoms with Crippen molar-refractivity contribution in [3.63, 3.8) is 0 Å². The van der Waals surface area contributed by atoms with Crippen molar-refractivity contribution >= 4 is 70.4 Å². The van der Waals surface area contributed by atoms with E-state index in [9.17, 15) is 8.42 Å². The SMILES string of the molecule is CS(=O)(=O)c1ccc2nc(Sc3nnc(-c4cccs4)n3-c3ccc(Br)cc3)sc2c1. The molecule has 3 heterocycles. The van der Waals surface area contributed by atoms with Gasteiger partial charge in [-0.2, -0.15) is 0 Å². The Morgan fingerprint density at radius 1 is 1.06 bits per heavy atom. The molecule has 31 heavy (non-hydrogen) atoms. The second-order valence-electron chi connectivity index (χ2n) is 6.58. The molecule has 5 rings (SSSR count). The quantitative estimate of drug-likeness (QED) is 0.271. The number of thiophene rings is 1. The van der Waals surface area contributed by atoms with Gasteiger partial charge in [0, 0.05) is 16.4 Å². The van der Waals surface area contributed by atoms with Crippen molar-refractivity contribution in [3.8, 4) is 16.4 Å². The van der Waals surface area contributed by atoms with E-state index in [1.807, 2.05) is 46.3 Å². The van der Waals surface area contributed by atoms with E-state index in [0.717, 1.165) is 35.4 Å². The maximum Gasteiger partial charge on any atom is 0.203 e. The Morgan fingerprint density at radius 2 is 1.87 bits per heavy atom. The van der Waals surface area contributed by atoms with Gasteiger partial charge in [-0.3, -0.25) is 4.57 Å². The summed E-state index contributed by atoms with van der Waals surface area (Å²) in [5, 5.41) is 11.6. The van der Waals surface area contributed by atoms with Gasteiger partial charge in [0.15, 0.2) is 20.0 Å². The Morgan fingerprint density at radius 3 is 2.58 bits per heavy atom. The molecule has 0 saturated carbocycles. The Hall–Kier alpha value is -2.05. The summed E-state index contributed by atoms with van der Waals surface area (Å²) < 4.78 is 28.3. The van der Waals surface area contributed by atoms with Crippen LogP contribution in [0.15, 0.2) is 78.8 Å². The summed E-state index contributed by atoms with van der Waals surface area (Å²) in [5.74, 6) is 0.764. The van der Waals surface area contributed by atoms with Crippen molar-refractivity contribution in [2.75, 3.05) is 6.26 Å². The molecule has 0 atom stereocenters. The molecule has 11 heteroatoms. The Bertz CT molecular complexity index is 1490. The van der Waals surface area contributed by atoms with Gasteiger partial charge in [0.05, 0.1) is 20.0 Å². The summed E-state index contributed by atoms with van der Waals surface area (Å²) in [6.07, 6.45) is 1.21. The number of aromatic nitrogens is 4. The average molecular weight is 550 g/mol. The maximum absolute atomic E-state index is 11.9. The minimum Gasteiger partial charge on any atom is -0.269 e. The highest BCUT2D eigenvalue weighted by atomic mass is 79.9. The summed E-state index contributed by atoms with van der Waals surface area (Å²) in [7, 11) is -3.27. The average Bonchev–Trinajstić information content (AvgIpc) is 3.46. The van der Waals surface area contributed by atoms with Gasteiger partial charge >= 0.3 is 0 Å². The molecule has 5 aromatic rings. The number of rotatable bonds is 5. The number of benzene rings is 2. The fraction of sp³-hybridized carbons (Fsp3) is 0.0500. The van der Waals surface area contributed by atoms with E-state index >= 15 is 0 Å². The molecule has 0 fully saturated rings. The van der Waals surface area contributed by atoms with E-state index in [1.54, 1.807) is 29.5 Å². The topological polar surface area (TPSA) is 77.7 Å². The number of nitrogens with zero attached hydrogens (tertiary/aromatic N) is 4. The zero-order valence-electron chi connectivity index (χ0n) is 15.9. The van der Waals surface area contributed by atoms with Crippen LogP contribution in [0.4, 0.5) is 0 Å². The summed E-state index contributed by atoms with van der Waals surface area (Å²) in [6.45, 7) is 0. The summed E-state index contributed by atoms with van der Waals surface area (Å²) in [6, 6.07) is 17.0. The molecule has 0 aliphatic rings. The van der Waals surface area contributed by atoms with Crippen molar-refractivity contribution in [3.05, 3.63) is 64.5 Å². The summed E-state index contributed by atoms with van der Waals surface area (Å²) >= 11 is 7.93. The third-order valence-electron chi connectivity index (χ3n) is 4.41. The fourth-order valence-electron chi connectivity index (χ4n) is 2.96. The van der Waals surface area contributed by atoms with Gasteiger partial charge in [-0.15, -0.1) is 32.9 Å². The van der Waals surface area contributed by atoms with Crippen LogP contribution in [0.1, 0.15) is 0 Å². The molecule has 2 aromatic carbocycles. The lowest BCUT2D eigenvalue weighted by Gasteiger charge is -2.08. The maximum atomic E-state index is 11.9. The second kappa shape index (κ2) is 8.14. The number of hydrogen-bond acceptors (Lipinski definition) is 8. The van der Waals surface area contributed by atoms with Crippen molar-refractivity contribution in [1.82, 2.24) is 19.7 Å². The highest BCUT2D eigenvalue weighted by molar-refractivity contribution is 9.10. The lowest BCUT2D eigenvalue weighted by atomic mass is 10.3. The van der Waals surface area contributed by atoms with Crippen LogP contribution in [0.3, 0.4) is 0 Å². The van der Waals surface area contributed by atoms with E-state index in [0.29, 0.717) is 10.1 Å². The lowest BCUT2D eigenvalue weighted by molar-refractivity contribution is 0.602. The molecule has 0 radical (unpaired) electrons. The van der Waals surface area contributed by atoms with E-state index < -0.39 is 9.84 Å². The Kier molecular flexibility index (Phi) is 5.47. The lowest BCUT2D eigenvalue weighted by Crippen LogP contribution is -1.98. The van der Waals surface area contributed by atoms with Crippen LogP contribution in [-0.4, -0.2) is 34.4 Å². The molecule has 0 aliphatic carbocycles. The van der Waals surface area contributed by atoms with Crippen molar-refractivity contribution in [2.45, 2.75) is 14.4 Å². The van der Waals surface area contributed by atoms with Gasteiger partial charge in [0.2, 0.25) is 5.16 Å². The van der Waals surface area contributed by atoms with Gasteiger partial charge in [-0.1, -0.05) is 22.0 Å². The second-order valence-corrected chi connectivity index (χ2v) is 12.7. The van der Waals surface area contributed by atoms with E-state index in [1.165, 1.54) is 29.4 Å². The van der Waals surface area contributed by atoms with Crippen molar-refractivity contribution in [2.24, 2.45) is 0 Å². The van der Waals surface area contributed by atoms with Gasteiger partial charge in [0.25, 0.3) is 0 Å². The zero-order valence-corrected chi connectivity index (χ0v) is 20.7. The van der Waals surface area contributed by atoms with Gasteiger partial charge in [-0.25, -0.2) is 13.4 Å². The van der Waals surface area contributed by atoms with Crippen molar-refractivity contribution < 1.29 is 8.42 Å². The highest BCUT2D eigenvalue weighted by Crippen LogP contribution is 2.37. The molecule has 0 aliphatic heterocycles. The molecule has 0 saturated heterocycles. The number of halogens is 1. The molecule has 156 valence electrons. The minimum absolute atomic E-state index is 0.290. The molecular weight excluding hydrogens is 536 g/mol. The predicted molar refractivity (Wildman–Crippen MR) is 129 cm³/mol. The van der Waals surface area contributed by atoms with Crippen LogP contribution < -0.4 is 0 Å². The normalized spacial score (nSPS) is 11.9. The molecule has 0 unspecified atom stereocenters. The molecule has 0 amide bonds.